The van der Waals surface area contributed by atoms with Gasteiger partial charge in [0.15, 0.2) is 5.75 Å². The van der Waals surface area contributed by atoms with Gasteiger partial charge >= 0.3 is 11.7 Å². The van der Waals surface area contributed by atoms with Gasteiger partial charge in [0.05, 0.1) is 31.1 Å². The van der Waals surface area contributed by atoms with E-state index in [4.69, 9.17) is 9.47 Å². The van der Waals surface area contributed by atoms with Crippen molar-refractivity contribution in [2.24, 2.45) is 11.8 Å². The largest absolute Gasteiger partial charge is 0.490 e. The molecule has 5 rings (SSSR count). The number of nitrogens with one attached hydrogen (secondary N) is 1. The molecule has 45 heavy (non-hydrogen) atoms. The maximum absolute atomic E-state index is 14.6. The van der Waals surface area contributed by atoms with Crippen molar-refractivity contribution in [2.75, 3.05) is 14.2 Å². The summed E-state index contributed by atoms with van der Waals surface area (Å²) in [4.78, 5) is 55.6. The number of halogens is 1. The van der Waals surface area contributed by atoms with E-state index in [2.05, 4.69) is 5.32 Å². The van der Waals surface area contributed by atoms with E-state index >= 15 is 0 Å². The van der Waals surface area contributed by atoms with Crippen molar-refractivity contribution >= 4 is 23.5 Å². The van der Waals surface area contributed by atoms with Crippen molar-refractivity contribution in [1.29, 1.82) is 0 Å². The SMILES string of the molecule is COC(=O)C1C(c2ccccc2)C(C(=O)NCc2ccc(F)cc2)N(C(=O)C2CCCCC2)C1c1ccc(OC)c([N+](=O)[O-])c1. The fourth-order valence-corrected chi connectivity index (χ4v) is 6.81. The van der Waals surface area contributed by atoms with Gasteiger partial charge in [-0.3, -0.25) is 24.5 Å². The Morgan fingerprint density at radius 2 is 1.64 bits per heavy atom. The highest BCUT2D eigenvalue weighted by atomic mass is 19.1. The van der Waals surface area contributed by atoms with Gasteiger partial charge in [-0.2, -0.15) is 0 Å². The number of rotatable bonds is 9. The maximum atomic E-state index is 14.6. The Morgan fingerprint density at radius 3 is 2.27 bits per heavy atom. The second kappa shape index (κ2) is 13.9. The van der Waals surface area contributed by atoms with E-state index in [1.165, 1.54) is 43.4 Å². The molecule has 1 heterocycles. The Bertz CT molecular complexity index is 1540. The Balaban J connectivity index is 1.68. The molecule has 1 N–H and O–H groups in total. The second-order valence-electron chi connectivity index (χ2n) is 11.5. The quantitative estimate of drug-likeness (QED) is 0.192. The van der Waals surface area contributed by atoms with E-state index < -0.39 is 46.5 Å². The van der Waals surface area contributed by atoms with Gasteiger partial charge in [0.25, 0.3) is 0 Å². The molecule has 4 atom stereocenters. The summed E-state index contributed by atoms with van der Waals surface area (Å²) in [7, 11) is 2.56. The summed E-state index contributed by atoms with van der Waals surface area (Å²) in [5, 5.41) is 15.0. The molecule has 1 aliphatic carbocycles. The van der Waals surface area contributed by atoms with Crippen molar-refractivity contribution in [3.8, 4) is 5.75 Å². The second-order valence-corrected chi connectivity index (χ2v) is 11.5. The standard InChI is InChI=1S/C34H36FN3O7/c1-44-27-18-15-24(19-26(27)38(42)43)30-29(34(41)45-2)28(22-9-5-3-6-10-22)31(37(30)33(40)23-11-7-4-8-12-23)32(39)36-20-21-13-16-25(35)17-14-21/h3,5-6,9-10,13-19,23,28-31H,4,7-8,11-12,20H2,1-2H3,(H,36,39). The molecule has 11 heteroatoms. The predicted molar refractivity (Wildman–Crippen MR) is 163 cm³/mol. The third-order valence-corrected chi connectivity index (χ3v) is 8.92. The molecule has 1 saturated carbocycles. The zero-order valence-electron chi connectivity index (χ0n) is 25.2. The van der Waals surface area contributed by atoms with E-state index in [0.29, 0.717) is 29.5 Å². The van der Waals surface area contributed by atoms with Crippen LogP contribution in [-0.4, -0.2) is 47.9 Å². The smallest absolute Gasteiger partial charge is 0.311 e. The lowest BCUT2D eigenvalue weighted by molar-refractivity contribution is -0.385. The average Bonchev–Trinajstić information content (AvgIpc) is 3.44. The van der Waals surface area contributed by atoms with E-state index in [9.17, 15) is 28.9 Å². The van der Waals surface area contributed by atoms with Gasteiger partial charge in [0, 0.05) is 24.4 Å². The lowest BCUT2D eigenvalue weighted by Crippen LogP contribution is -2.50. The highest BCUT2D eigenvalue weighted by Crippen LogP contribution is 2.52. The van der Waals surface area contributed by atoms with Crippen molar-refractivity contribution < 1.29 is 33.2 Å². The number of hydrogen-bond acceptors (Lipinski definition) is 7. The first-order valence-corrected chi connectivity index (χ1v) is 15.0. The van der Waals surface area contributed by atoms with Crippen LogP contribution >= 0.6 is 0 Å². The van der Waals surface area contributed by atoms with Gasteiger partial charge in [0.2, 0.25) is 11.8 Å². The number of hydrogen-bond donors (Lipinski definition) is 1. The maximum Gasteiger partial charge on any atom is 0.311 e. The molecule has 1 saturated heterocycles. The van der Waals surface area contributed by atoms with Crippen LogP contribution in [0.2, 0.25) is 0 Å². The molecular formula is C34H36FN3O7. The van der Waals surface area contributed by atoms with E-state index in [-0.39, 0.29) is 29.8 Å². The number of nitro benzene ring substituents is 1. The van der Waals surface area contributed by atoms with E-state index in [1.807, 2.05) is 6.07 Å². The molecule has 1 aliphatic heterocycles. The number of carbonyl (C=O) groups is 3. The van der Waals surface area contributed by atoms with Crippen LogP contribution < -0.4 is 10.1 Å². The first-order valence-electron chi connectivity index (χ1n) is 15.0. The third kappa shape index (κ3) is 6.52. The van der Waals surface area contributed by atoms with Gasteiger partial charge in [-0.25, -0.2) is 4.39 Å². The van der Waals surface area contributed by atoms with Crippen LogP contribution in [0.3, 0.4) is 0 Å². The molecule has 3 aromatic carbocycles. The zero-order chi connectivity index (χ0) is 32.1. The zero-order valence-corrected chi connectivity index (χ0v) is 25.2. The van der Waals surface area contributed by atoms with Crippen molar-refractivity contribution in [3.05, 3.63) is 105 Å². The highest BCUT2D eigenvalue weighted by molar-refractivity contribution is 5.93. The van der Waals surface area contributed by atoms with Crippen molar-refractivity contribution in [3.63, 3.8) is 0 Å². The van der Waals surface area contributed by atoms with Crippen LogP contribution in [-0.2, 0) is 25.7 Å². The Hall–Kier alpha value is -4.80. The van der Waals surface area contributed by atoms with Crippen molar-refractivity contribution in [1.82, 2.24) is 10.2 Å². The fourth-order valence-electron chi connectivity index (χ4n) is 6.81. The number of nitrogens with zero attached hydrogens (tertiary/aromatic N) is 2. The van der Waals surface area contributed by atoms with Gasteiger partial charge in [-0.05, 0) is 47.7 Å². The van der Waals surface area contributed by atoms with Crippen LogP contribution in [0.25, 0.3) is 0 Å². The lowest BCUT2D eigenvalue weighted by Gasteiger charge is -2.35. The van der Waals surface area contributed by atoms with E-state index in [0.717, 1.165) is 19.3 Å². The lowest BCUT2D eigenvalue weighted by atomic mass is 9.79. The number of benzene rings is 3. The molecule has 2 fully saturated rings. The van der Waals surface area contributed by atoms with Crippen LogP contribution in [0.15, 0.2) is 72.8 Å². The molecule has 236 valence electrons. The first kappa shape index (κ1) is 31.6. The predicted octanol–water partition coefficient (Wildman–Crippen LogP) is 5.46. The minimum Gasteiger partial charge on any atom is -0.490 e. The molecule has 2 aliphatic rings. The average molecular weight is 618 g/mol. The molecular weight excluding hydrogens is 581 g/mol. The monoisotopic (exact) mass is 617 g/mol. The number of ether oxygens (including phenoxy) is 2. The molecule has 0 radical (unpaired) electrons. The number of likely N-dealkylation sites (tertiary alicyclic amines) is 1. The summed E-state index contributed by atoms with van der Waals surface area (Å²) in [6, 6.07) is 16.8. The molecule has 3 aromatic rings. The molecule has 10 nitrogen and oxygen atoms in total. The minimum absolute atomic E-state index is 0.0229. The summed E-state index contributed by atoms with van der Waals surface area (Å²) in [6.45, 7) is 0.0597. The molecule has 2 amide bonds. The summed E-state index contributed by atoms with van der Waals surface area (Å²) >= 11 is 0. The van der Waals surface area contributed by atoms with Gasteiger partial charge in [-0.1, -0.05) is 67.8 Å². The first-order chi connectivity index (χ1) is 21.7. The summed E-state index contributed by atoms with van der Waals surface area (Å²) in [5.41, 5.74) is 1.28. The number of amides is 2. The van der Waals surface area contributed by atoms with Crippen LogP contribution in [0.5, 0.6) is 5.75 Å². The fraction of sp³-hybridized carbons (Fsp3) is 0.382. The number of esters is 1. The topological polar surface area (TPSA) is 128 Å². The van der Waals surface area contributed by atoms with Crippen LogP contribution in [0.4, 0.5) is 10.1 Å². The molecule has 4 unspecified atom stereocenters. The number of methoxy groups -OCH3 is 2. The van der Waals surface area contributed by atoms with Gasteiger partial charge < -0.3 is 19.7 Å². The van der Waals surface area contributed by atoms with Crippen molar-refractivity contribution in [2.45, 2.75) is 56.7 Å². The Morgan fingerprint density at radius 1 is 0.956 bits per heavy atom. The molecule has 0 aromatic heterocycles. The third-order valence-electron chi connectivity index (χ3n) is 8.92. The number of carbonyl (C=O) groups excluding carboxylic acids is 3. The number of nitro groups is 1. The molecule has 0 bridgehead atoms. The molecule has 0 spiro atoms. The van der Waals surface area contributed by atoms with Crippen LogP contribution in [0, 0.1) is 27.8 Å². The van der Waals surface area contributed by atoms with E-state index in [1.54, 1.807) is 42.5 Å². The Kier molecular flexibility index (Phi) is 9.75. The minimum atomic E-state index is -1.16. The normalized spacial score (nSPS) is 21.6. The van der Waals surface area contributed by atoms with Gasteiger partial charge in [0.1, 0.15) is 11.9 Å². The van der Waals surface area contributed by atoms with Crippen LogP contribution in [0.1, 0.15) is 60.8 Å². The highest BCUT2D eigenvalue weighted by Gasteiger charge is 2.58. The van der Waals surface area contributed by atoms with Gasteiger partial charge in [-0.15, -0.1) is 0 Å². The Labute approximate surface area is 260 Å². The summed E-state index contributed by atoms with van der Waals surface area (Å²) in [6.07, 6.45) is 3.97. The summed E-state index contributed by atoms with van der Waals surface area (Å²) < 4.78 is 24.1. The summed E-state index contributed by atoms with van der Waals surface area (Å²) in [5.74, 6) is -4.12.